The molecule has 15 heavy (non-hydrogen) atoms. The molecule has 1 fully saturated rings. The summed E-state index contributed by atoms with van der Waals surface area (Å²) in [6.07, 6.45) is 0.941. The Morgan fingerprint density at radius 3 is 2.67 bits per heavy atom. The van der Waals surface area contributed by atoms with Crippen molar-refractivity contribution in [3.8, 4) is 0 Å². The molecule has 0 spiro atoms. The number of nitrogens with one attached hydrogen (secondary N) is 1. The van der Waals surface area contributed by atoms with Gasteiger partial charge in [0, 0.05) is 23.4 Å². The molecule has 1 aliphatic rings. The zero-order chi connectivity index (χ0) is 10.7. The van der Waals surface area contributed by atoms with Crippen molar-refractivity contribution in [1.29, 1.82) is 0 Å². The largest absolute Gasteiger partial charge is 0.381 e. The first kappa shape index (κ1) is 11.1. The molecule has 1 saturated heterocycles. The summed E-state index contributed by atoms with van der Waals surface area (Å²) < 4.78 is 5.28. The number of halogens is 2. The third-order valence-corrected chi connectivity index (χ3v) is 3.17. The van der Waals surface area contributed by atoms with Gasteiger partial charge in [-0.2, -0.15) is 0 Å². The molecular formula is C11H13Cl2NO. The Kier molecular flexibility index (Phi) is 3.73. The highest BCUT2D eigenvalue weighted by molar-refractivity contribution is 6.30. The van der Waals surface area contributed by atoms with Gasteiger partial charge in [-0.15, -0.1) is 11.6 Å². The van der Waals surface area contributed by atoms with Gasteiger partial charge in [-0.1, -0.05) is 11.6 Å². The summed E-state index contributed by atoms with van der Waals surface area (Å²) in [5.74, 6) is 0. The molecule has 82 valence electrons. The molecule has 1 aromatic carbocycles. The minimum atomic E-state index is 0.0365. The maximum Gasteiger partial charge on any atom is 0.0771 e. The van der Waals surface area contributed by atoms with E-state index in [4.69, 9.17) is 27.9 Å². The van der Waals surface area contributed by atoms with Crippen LogP contribution in [0.25, 0.3) is 0 Å². The molecule has 0 saturated carbocycles. The number of rotatable bonds is 2. The lowest BCUT2D eigenvalue weighted by molar-refractivity contribution is 0.0935. The molecule has 0 aromatic heterocycles. The molecule has 0 bridgehead atoms. The molecule has 2 atom stereocenters. The average Bonchev–Trinajstić information content (AvgIpc) is 2.25. The Morgan fingerprint density at radius 2 is 2.00 bits per heavy atom. The van der Waals surface area contributed by atoms with Gasteiger partial charge >= 0.3 is 0 Å². The summed E-state index contributed by atoms with van der Waals surface area (Å²) in [6, 6.07) is 7.93. The van der Waals surface area contributed by atoms with E-state index in [0.717, 1.165) is 23.7 Å². The van der Waals surface area contributed by atoms with E-state index >= 15 is 0 Å². The van der Waals surface area contributed by atoms with Crippen molar-refractivity contribution in [2.75, 3.05) is 18.5 Å². The molecule has 2 unspecified atom stereocenters. The highest BCUT2D eigenvalue weighted by atomic mass is 35.5. The predicted octanol–water partition coefficient (Wildman–Crippen LogP) is 3.15. The Labute approximate surface area is 99.5 Å². The van der Waals surface area contributed by atoms with Crippen molar-refractivity contribution in [1.82, 2.24) is 0 Å². The summed E-state index contributed by atoms with van der Waals surface area (Å²) in [4.78, 5) is 0. The van der Waals surface area contributed by atoms with Crippen LogP contribution in [0.5, 0.6) is 0 Å². The molecule has 0 radical (unpaired) electrons. The fourth-order valence-electron chi connectivity index (χ4n) is 1.63. The standard InChI is InChI=1S/C11H13Cl2NO/c12-8-1-3-9(4-2-8)14-11-5-6-15-7-10(11)13/h1-4,10-11,14H,5-7H2. The molecule has 1 heterocycles. The van der Waals surface area contributed by atoms with E-state index in [1.807, 2.05) is 24.3 Å². The molecule has 2 nitrogen and oxygen atoms in total. The van der Waals surface area contributed by atoms with Gasteiger partial charge < -0.3 is 10.1 Å². The fourth-order valence-corrected chi connectivity index (χ4v) is 2.03. The van der Waals surface area contributed by atoms with Crippen LogP contribution in [0.3, 0.4) is 0 Å². The van der Waals surface area contributed by atoms with Crippen LogP contribution in [-0.2, 0) is 4.74 Å². The summed E-state index contributed by atoms with van der Waals surface area (Å²) in [7, 11) is 0. The van der Waals surface area contributed by atoms with Crippen molar-refractivity contribution in [3.05, 3.63) is 29.3 Å². The van der Waals surface area contributed by atoms with E-state index in [-0.39, 0.29) is 11.4 Å². The highest BCUT2D eigenvalue weighted by Gasteiger charge is 2.23. The van der Waals surface area contributed by atoms with Crippen LogP contribution in [0, 0.1) is 0 Å². The summed E-state index contributed by atoms with van der Waals surface area (Å²) >= 11 is 12.0. The van der Waals surface area contributed by atoms with Crippen molar-refractivity contribution in [3.63, 3.8) is 0 Å². The number of alkyl halides is 1. The quantitative estimate of drug-likeness (QED) is 0.809. The molecular weight excluding hydrogens is 233 g/mol. The average molecular weight is 246 g/mol. The van der Waals surface area contributed by atoms with E-state index in [1.165, 1.54) is 0 Å². The smallest absolute Gasteiger partial charge is 0.0771 e. The molecule has 0 amide bonds. The first-order valence-corrected chi connectivity index (χ1v) is 5.81. The summed E-state index contributed by atoms with van der Waals surface area (Å²) in [5, 5.41) is 4.17. The van der Waals surface area contributed by atoms with Crippen LogP contribution in [0.4, 0.5) is 5.69 Å². The maximum atomic E-state index is 6.15. The Morgan fingerprint density at radius 1 is 1.27 bits per heavy atom. The Hall–Kier alpha value is -0.440. The zero-order valence-corrected chi connectivity index (χ0v) is 9.76. The third-order valence-electron chi connectivity index (χ3n) is 2.48. The lowest BCUT2D eigenvalue weighted by Crippen LogP contribution is -2.38. The normalized spacial score (nSPS) is 26.3. The van der Waals surface area contributed by atoms with E-state index in [2.05, 4.69) is 5.32 Å². The van der Waals surface area contributed by atoms with E-state index in [0.29, 0.717) is 6.61 Å². The van der Waals surface area contributed by atoms with Crippen molar-refractivity contribution >= 4 is 28.9 Å². The third kappa shape index (κ3) is 3.00. The SMILES string of the molecule is Clc1ccc(NC2CCOCC2Cl)cc1. The van der Waals surface area contributed by atoms with Crippen molar-refractivity contribution < 1.29 is 4.74 Å². The number of hydrogen-bond acceptors (Lipinski definition) is 2. The van der Waals surface area contributed by atoms with Gasteiger partial charge in [0.2, 0.25) is 0 Å². The molecule has 1 aliphatic heterocycles. The van der Waals surface area contributed by atoms with Crippen LogP contribution >= 0.6 is 23.2 Å². The van der Waals surface area contributed by atoms with Gasteiger partial charge in [0.05, 0.1) is 12.0 Å². The molecule has 2 rings (SSSR count). The zero-order valence-electron chi connectivity index (χ0n) is 8.25. The van der Waals surface area contributed by atoms with Crippen LogP contribution < -0.4 is 5.32 Å². The van der Waals surface area contributed by atoms with Gasteiger partial charge in [0.25, 0.3) is 0 Å². The van der Waals surface area contributed by atoms with Crippen LogP contribution in [0.15, 0.2) is 24.3 Å². The fraction of sp³-hybridized carbons (Fsp3) is 0.455. The molecule has 4 heteroatoms. The van der Waals surface area contributed by atoms with Crippen LogP contribution in [0.2, 0.25) is 5.02 Å². The van der Waals surface area contributed by atoms with E-state index in [1.54, 1.807) is 0 Å². The number of anilines is 1. The number of ether oxygens (including phenoxy) is 1. The second-order valence-electron chi connectivity index (χ2n) is 3.64. The monoisotopic (exact) mass is 245 g/mol. The minimum absolute atomic E-state index is 0.0365. The van der Waals surface area contributed by atoms with Crippen LogP contribution in [-0.4, -0.2) is 24.6 Å². The van der Waals surface area contributed by atoms with Gasteiger partial charge in [0.1, 0.15) is 0 Å². The first-order chi connectivity index (χ1) is 7.25. The number of benzene rings is 1. The lowest BCUT2D eigenvalue weighted by Gasteiger charge is -2.28. The number of hydrogen-bond donors (Lipinski definition) is 1. The Balaban J connectivity index is 1.98. The van der Waals surface area contributed by atoms with E-state index < -0.39 is 0 Å². The van der Waals surface area contributed by atoms with E-state index in [9.17, 15) is 0 Å². The second kappa shape index (κ2) is 5.06. The van der Waals surface area contributed by atoms with Crippen molar-refractivity contribution in [2.24, 2.45) is 0 Å². The predicted molar refractivity (Wildman–Crippen MR) is 63.9 cm³/mol. The Bertz CT molecular complexity index is 315. The van der Waals surface area contributed by atoms with Crippen molar-refractivity contribution in [2.45, 2.75) is 17.8 Å². The molecule has 1 aromatic rings. The summed E-state index contributed by atoms with van der Waals surface area (Å²) in [5.41, 5.74) is 1.05. The highest BCUT2D eigenvalue weighted by Crippen LogP contribution is 2.20. The minimum Gasteiger partial charge on any atom is -0.381 e. The molecule has 1 N–H and O–H groups in total. The maximum absolute atomic E-state index is 6.15. The first-order valence-electron chi connectivity index (χ1n) is 4.99. The van der Waals surface area contributed by atoms with Crippen LogP contribution in [0.1, 0.15) is 6.42 Å². The molecule has 0 aliphatic carbocycles. The summed E-state index contributed by atoms with van der Waals surface area (Å²) in [6.45, 7) is 1.39. The van der Waals surface area contributed by atoms with Gasteiger partial charge in [0.15, 0.2) is 0 Å². The van der Waals surface area contributed by atoms with Gasteiger partial charge in [-0.05, 0) is 30.7 Å². The second-order valence-corrected chi connectivity index (χ2v) is 4.63. The lowest BCUT2D eigenvalue weighted by atomic mass is 10.1. The topological polar surface area (TPSA) is 21.3 Å². The van der Waals surface area contributed by atoms with Gasteiger partial charge in [-0.3, -0.25) is 0 Å². The van der Waals surface area contributed by atoms with Gasteiger partial charge in [-0.25, -0.2) is 0 Å².